The Hall–Kier alpha value is -1.73. The molecule has 29 heavy (non-hydrogen) atoms. The number of nitrogens with zero attached hydrogens (tertiary/aromatic N) is 1. The van der Waals surface area contributed by atoms with Crippen molar-refractivity contribution in [2.75, 3.05) is 27.2 Å². The van der Waals surface area contributed by atoms with E-state index >= 15 is 0 Å². The Labute approximate surface area is 176 Å². The summed E-state index contributed by atoms with van der Waals surface area (Å²) in [5.41, 5.74) is 2.86. The number of Topliss-reactive ketones (excluding diaryl/α,β-unsaturated/α-hetero) is 1. The Morgan fingerprint density at radius 3 is 2.69 bits per heavy atom. The molecule has 1 unspecified atom stereocenters. The third-order valence-corrected chi connectivity index (χ3v) is 6.66. The number of hydrogen-bond acceptors (Lipinski definition) is 3. The predicted molar refractivity (Wildman–Crippen MR) is 113 cm³/mol. The first kappa shape index (κ1) is 20.5. The van der Waals surface area contributed by atoms with Crippen molar-refractivity contribution in [1.82, 2.24) is 0 Å². The fraction of sp³-hybridized carbons (Fsp3) is 0.409. The number of ketones is 1. The molecule has 154 valence electrons. The van der Waals surface area contributed by atoms with Gasteiger partial charge in [-0.05, 0) is 43.2 Å². The van der Waals surface area contributed by atoms with Crippen molar-refractivity contribution in [1.29, 1.82) is 0 Å². The van der Waals surface area contributed by atoms with Crippen molar-refractivity contribution in [2.45, 2.75) is 32.3 Å². The quantitative estimate of drug-likeness (QED) is 0.563. The molecule has 1 spiro atoms. The lowest BCUT2D eigenvalue weighted by molar-refractivity contribution is -0.813. The van der Waals surface area contributed by atoms with Gasteiger partial charge in [0, 0.05) is 51.3 Å². The number of fused-ring (bicyclic) bond motifs is 2. The highest BCUT2D eigenvalue weighted by molar-refractivity contribution is 6.76. The number of carbonyl (C=O) groups excluding carboxylic acids is 1. The van der Waals surface area contributed by atoms with Crippen molar-refractivity contribution < 1.29 is 22.9 Å². The Bertz CT molecular complexity index is 994. The Kier molecular flexibility index (Phi) is 4.90. The molecule has 4 nitrogen and oxygen atoms in total. The number of rotatable bonds is 3. The van der Waals surface area contributed by atoms with E-state index in [4.69, 9.17) is 20.9 Å². The first-order valence-corrected chi connectivity index (χ1v) is 10.4. The molecule has 0 saturated carbocycles. The van der Waals surface area contributed by atoms with Gasteiger partial charge >= 0.3 is 6.69 Å². The first-order chi connectivity index (χ1) is 13.6. The van der Waals surface area contributed by atoms with Gasteiger partial charge in [-0.1, -0.05) is 35.3 Å². The molecule has 0 bridgehead atoms. The molecular weight excluding hydrogens is 392 g/mol. The third kappa shape index (κ3) is 3.32. The van der Waals surface area contributed by atoms with Gasteiger partial charge in [-0.25, -0.2) is 4.39 Å². The molecule has 0 amide bonds. The lowest BCUT2D eigenvalue weighted by atomic mass is 9.58. The number of hydrogen-bond donors (Lipinski definition) is 0. The fourth-order valence-corrected chi connectivity index (χ4v) is 5.10. The Balaban J connectivity index is 1.72. The monoisotopic (exact) mass is 417 g/mol. The summed E-state index contributed by atoms with van der Waals surface area (Å²) in [4.78, 5) is 12.8. The zero-order valence-electron chi connectivity index (χ0n) is 17.3. The number of halogens is 2. The van der Waals surface area contributed by atoms with Gasteiger partial charge in [-0.2, -0.15) is 0 Å². The summed E-state index contributed by atoms with van der Waals surface area (Å²) in [7, 11) is 4.28. The lowest BCUT2D eigenvalue weighted by Crippen LogP contribution is -2.75. The van der Waals surface area contributed by atoms with Gasteiger partial charge in [0.25, 0.3) is 0 Å². The second kappa shape index (κ2) is 6.91. The van der Waals surface area contributed by atoms with Crippen molar-refractivity contribution >= 4 is 29.5 Å². The fourth-order valence-electron chi connectivity index (χ4n) is 4.82. The van der Waals surface area contributed by atoms with Crippen molar-refractivity contribution in [3.05, 3.63) is 63.9 Å². The van der Waals surface area contributed by atoms with Gasteiger partial charge < -0.3 is 13.7 Å². The van der Waals surface area contributed by atoms with Crippen LogP contribution in [0.4, 0.5) is 4.39 Å². The minimum Gasteiger partial charge on any atom is -0.509 e. The van der Waals surface area contributed by atoms with Crippen molar-refractivity contribution in [3.8, 4) is 0 Å². The van der Waals surface area contributed by atoms with Crippen LogP contribution in [0.25, 0.3) is 0 Å². The second-order valence-corrected chi connectivity index (χ2v) is 9.58. The molecule has 2 aromatic rings. The smallest absolute Gasteiger partial charge is 0.502 e. The van der Waals surface area contributed by atoms with Crippen molar-refractivity contribution in [3.63, 3.8) is 0 Å². The third-order valence-electron chi connectivity index (χ3n) is 6.35. The first-order valence-electron chi connectivity index (χ1n) is 9.99. The Morgan fingerprint density at radius 1 is 1.24 bits per heavy atom. The summed E-state index contributed by atoms with van der Waals surface area (Å²) in [6.45, 7) is 4.02. The van der Waals surface area contributed by atoms with E-state index in [1.54, 1.807) is 0 Å². The minimum atomic E-state index is -1.72. The van der Waals surface area contributed by atoms with Gasteiger partial charge in [-0.15, -0.1) is 0 Å². The summed E-state index contributed by atoms with van der Waals surface area (Å²) >= 11 is 6.08. The molecule has 1 saturated heterocycles. The molecule has 2 aromatic carbocycles. The molecule has 0 N–H and O–H groups in total. The summed E-state index contributed by atoms with van der Waals surface area (Å²) < 4.78 is 26.9. The summed E-state index contributed by atoms with van der Waals surface area (Å²) in [5, 5.41) is 0.134. The van der Waals surface area contributed by atoms with E-state index in [9.17, 15) is 9.18 Å². The molecule has 4 rings (SSSR count). The maximum Gasteiger partial charge on any atom is 0.502 e. The van der Waals surface area contributed by atoms with Gasteiger partial charge in [0.1, 0.15) is 5.82 Å². The maximum atomic E-state index is 13.3. The molecule has 0 radical (unpaired) electrons. The van der Waals surface area contributed by atoms with E-state index in [1.165, 1.54) is 18.2 Å². The molecular formula is C22H26BClFNO3. The van der Waals surface area contributed by atoms with E-state index < -0.39 is 18.1 Å². The van der Waals surface area contributed by atoms with E-state index in [-0.39, 0.29) is 17.2 Å². The summed E-state index contributed by atoms with van der Waals surface area (Å²) in [6.07, 6.45) is 1.16. The molecule has 7 heteroatoms. The van der Waals surface area contributed by atoms with Gasteiger partial charge in [-0.3, -0.25) is 4.79 Å². The molecule has 2 aliphatic rings. The van der Waals surface area contributed by atoms with Crippen LogP contribution in [0.3, 0.4) is 0 Å². The number of quaternary nitrogens is 1. The normalized spacial score (nSPS) is 24.5. The van der Waals surface area contributed by atoms with Crippen LogP contribution >= 0.6 is 11.6 Å². The Morgan fingerprint density at radius 2 is 2.00 bits per heavy atom. The maximum absolute atomic E-state index is 13.3. The highest BCUT2D eigenvalue weighted by Gasteiger charge is 2.58. The average molecular weight is 418 g/mol. The van der Waals surface area contributed by atoms with E-state index in [0.717, 1.165) is 29.6 Å². The summed E-state index contributed by atoms with van der Waals surface area (Å²) in [5.74, 6) is -0.601. The predicted octanol–water partition coefficient (Wildman–Crippen LogP) is 3.81. The van der Waals surface area contributed by atoms with E-state index in [1.807, 2.05) is 18.2 Å². The molecule has 0 aromatic heterocycles. The molecule has 2 aliphatic heterocycles. The second-order valence-electron chi connectivity index (χ2n) is 9.17. The SMILES string of the molecule is CC1(C)O[B-]2(OCCC[N+]2(C)C)c2cc(CC(=O)c3ccc(F)cc3Cl)ccc21. The standard InChI is InChI=1S/C22H26BClFNO3/c1-22(2)18-9-6-15(13-21(27)17-8-7-16(25)14-20(17)24)12-19(18)23(29-22)26(3,4)10-5-11-28-23/h6-9,12,14H,5,10-11,13H2,1-4H3. The van der Waals surface area contributed by atoms with Gasteiger partial charge in [0.15, 0.2) is 5.78 Å². The highest BCUT2D eigenvalue weighted by atomic mass is 35.5. The van der Waals surface area contributed by atoms with Crippen LogP contribution in [0.15, 0.2) is 36.4 Å². The number of benzene rings is 2. The van der Waals surface area contributed by atoms with Gasteiger partial charge in [0.05, 0.1) is 5.02 Å². The van der Waals surface area contributed by atoms with E-state index in [2.05, 4.69) is 27.9 Å². The minimum absolute atomic E-state index is 0.134. The number of carbonyl (C=O) groups is 1. The average Bonchev–Trinajstić information content (AvgIpc) is 2.85. The summed E-state index contributed by atoms with van der Waals surface area (Å²) in [6, 6.07) is 9.91. The largest absolute Gasteiger partial charge is 0.509 e. The lowest BCUT2D eigenvalue weighted by Gasteiger charge is -2.56. The van der Waals surface area contributed by atoms with Gasteiger partial charge in [0.2, 0.25) is 0 Å². The van der Waals surface area contributed by atoms with Crippen molar-refractivity contribution in [2.24, 2.45) is 0 Å². The van der Waals surface area contributed by atoms with Crippen LogP contribution in [-0.4, -0.2) is 44.1 Å². The van der Waals surface area contributed by atoms with Crippen LogP contribution in [0.2, 0.25) is 5.02 Å². The molecule has 0 aliphatic carbocycles. The van der Waals surface area contributed by atoms with Crippen LogP contribution in [0, 0.1) is 5.82 Å². The van der Waals surface area contributed by atoms with Crippen LogP contribution in [0.5, 0.6) is 0 Å². The molecule has 1 fully saturated rings. The van der Waals surface area contributed by atoms with E-state index in [0.29, 0.717) is 16.6 Å². The molecule has 1 atom stereocenters. The topological polar surface area (TPSA) is 35.5 Å². The zero-order chi connectivity index (χ0) is 21.0. The highest BCUT2D eigenvalue weighted by Crippen LogP contribution is 2.41. The van der Waals surface area contributed by atoms with Crippen LogP contribution in [-0.2, 0) is 21.3 Å². The van der Waals surface area contributed by atoms with Crippen LogP contribution < -0.4 is 5.46 Å². The van der Waals surface area contributed by atoms with Crippen LogP contribution in [0.1, 0.15) is 41.8 Å². The zero-order valence-corrected chi connectivity index (χ0v) is 18.1. The molecule has 2 heterocycles.